The highest BCUT2D eigenvalue weighted by Gasteiger charge is 2.68. The molecule has 0 aromatic carbocycles. The van der Waals surface area contributed by atoms with Crippen LogP contribution in [0.4, 0.5) is 0 Å². The van der Waals surface area contributed by atoms with Gasteiger partial charge in [0.05, 0.1) is 6.10 Å². The van der Waals surface area contributed by atoms with Crippen LogP contribution >= 0.6 is 0 Å². The lowest BCUT2D eigenvalue weighted by molar-refractivity contribution is -0.154. The molecule has 0 aromatic rings. The van der Waals surface area contributed by atoms with Crippen LogP contribution < -0.4 is 0 Å². The number of allylic oxidation sites excluding steroid dienone is 2. The maximum Gasteiger partial charge on any atom is 0.330 e. The van der Waals surface area contributed by atoms with Crippen molar-refractivity contribution in [2.45, 2.75) is 92.1 Å². The van der Waals surface area contributed by atoms with Gasteiger partial charge in [0.25, 0.3) is 0 Å². The highest BCUT2D eigenvalue weighted by Crippen LogP contribution is 2.70. The third-order valence-corrected chi connectivity index (χ3v) is 10.5. The van der Waals surface area contributed by atoms with Crippen molar-refractivity contribution in [3.63, 3.8) is 0 Å². The van der Waals surface area contributed by atoms with E-state index in [1.54, 1.807) is 13.0 Å². The van der Waals surface area contributed by atoms with Crippen LogP contribution in [0.3, 0.4) is 0 Å². The van der Waals surface area contributed by atoms with E-state index >= 15 is 0 Å². The summed E-state index contributed by atoms with van der Waals surface area (Å²) in [6, 6.07) is 0. The van der Waals surface area contributed by atoms with Gasteiger partial charge >= 0.3 is 5.97 Å². The molecule has 5 heteroatoms. The van der Waals surface area contributed by atoms with Gasteiger partial charge in [-0.15, -0.1) is 0 Å². The van der Waals surface area contributed by atoms with Crippen LogP contribution in [0.1, 0.15) is 86.0 Å². The molecule has 0 saturated heterocycles. The number of aliphatic hydroxyl groups excluding tert-OH is 1. The van der Waals surface area contributed by atoms with Crippen LogP contribution in [-0.2, 0) is 14.4 Å². The second-order valence-corrected chi connectivity index (χ2v) is 11.9. The molecule has 4 aliphatic rings. The van der Waals surface area contributed by atoms with E-state index in [-0.39, 0.29) is 46.2 Å². The Morgan fingerprint density at radius 3 is 2.55 bits per heavy atom. The quantitative estimate of drug-likeness (QED) is 0.560. The van der Waals surface area contributed by atoms with E-state index in [1.165, 1.54) is 5.57 Å². The standard InChI is InChI=1S/C28H40O5/c1-15(7-6-8-16(2)26(32)33)25-23(31)14-27(4)20-11-9-18-17(3)21(29)12-10-19(18)24(20)22(30)13-28(25,27)5/h8,15,19-20,23-25,31H,6-7,9-14H2,1-5H3,(H,32,33)/b16-8+. The predicted molar refractivity (Wildman–Crippen MR) is 126 cm³/mol. The van der Waals surface area contributed by atoms with E-state index in [2.05, 4.69) is 20.8 Å². The maximum absolute atomic E-state index is 13.8. The molecule has 0 aliphatic heterocycles. The first-order valence-corrected chi connectivity index (χ1v) is 12.8. The Balaban J connectivity index is 1.61. The van der Waals surface area contributed by atoms with Crippen molar-refractivity contribution in [2.75, 3.05) is 0 Å². The zero-order valence-corrected chi connectivity index (χ0v) is 20.8. The number of carbonyl (C=O) groups excluding carboxylic acids is 2. The number of carbonyl (C=O) groups is 3. The molecule has 3 saturated carbocycles. The van der Waals surface area contributed by atoms with Crippen molar-refractivity contribution in [1.29, 1.82) is 0 Å². The Morgan fingerprint density at radius 2 is 1.88 bits per heavy atom. The maximum atomic E-state index is 13.8. The minimum atomic E-state index is -0.891. The predicted octanol–water partition coefficient (Wildman–Crippen LogP) is 5.12. The minimum absolute atomic E-state index is 0.0164. The number of carboxylic acid groups (broad SMARTS) is 1. The Kier molecular flexibility index (Phi) is 6.26. The summed E-state index contributed by atoms with van der Waals surface area (Å²) in [4.78, 5) is 37.2. The van der Waals surface area contributed by atoms with Crippen molar-refractivity contribution < 1.29 is 24.6 Å². The molecule has 3 fully saturated rings. The fourth-order valence-electron chi connectivity index (χ4n) is 8.62. The van der Waals surface area contributed by atoms with Crippen LogP contribution in [0.15, 0.2) is 22.8 Å². The first kappa shape index (κ1) is 24.4. The molecule has 0 heterocycles. The van der Waals surface area contributed by atoms with Crippen molar-refractivity contribution in [2.24, 2.45) is 40.4 Å². The van der Waals surface area contributed by atoms with Gasteiger partial charge in [0, 0.05) is 24.3 Å². The number of hydrogen-bond acceptors (Lipinski definition) is 4. The third kappa shape index (κ3) is 3.66. The average molecular weight is 457 g/mol. The van der Waals surface area contributed by atoms with Crippen molar-refractivity contribution >= 4 is 17.5 Å². The molecule has 4 aliphatic carbocycles. The topological polar surface area (TPSA) is 91.7 Å². The summed E-state index contributed by atoms with van der Waals surface area (Å²) in [7, 11) is 0. The van der Waals surface area contributed by atoms with E-state index < -0.39 is 12.1 Å². The third-order valence-electron chi connectivity index (χ3n) is 10.5. The molecule has 0 radical (unpaired) electrons. The molecule has 33 heavy (non-hydrogen) atoms. The lowest BCUT2D eigenvalue weighted by Gasteiger charge is -2.59. The fourth-order valence-corrected chi connectivity index (χ4v) is 8.62. The monoisotopic (exact) mass is 456 g/mol. The van der Waals surface area contributed by atoms with Gasteiger partial charge in [-0.25, -0.2) is 4.79 Å². The number of aliphatic hydroxyl groups is 1. The summed E-state index contributed by atoms with van der Waals surface area (Å²) in [5, 5.41) is 20.4. The second kappa shape index (κ2) is 8.48. The Hall–Kier alpha value is -1.75. The largest absolute Gasteiger partial charge is 0.478 e. The molecule has 182 valence electrons. The number of rotatable bonds is 5. The molecule has 8 atom stereocenters. The number of ketones is 2. The number of aliphatic carboxylic acids is 1. The lowest BCUT2D eigenvalue weighted by Crippen LogP contribution is -2.57. The Labute approximate surface area is 197 Å². The number of hydrogen-bond donors (Lipinski definition) is 2. The van der Waals surface area contributed by atoms with Gasteiger partial charge in [-0.05, 0) is 92.4 Å². The van der Waals surface area contributed by atoms with Crippen LogP contribution in [-0.4, -0.2) is 33.9 Å². The highest BCUT2D eigenvalue weighted by molar-refractivity contribution is 5.97. The molecule has 0 amide bonds. The molecule has 4 rings (SSSR count). The SMILES string of the molecule is CC1=C2CCC3C(C(=O)CC4(C)C(C(C)CC/C=C(\C)C(=O)O)C(O)CC34C)C2CCC1=O. The fraction of sp³-hybridized carbons (Fsp3) is 0.750. The molecular weight excluding hydrogens is 416 g/mol. The normalized spacial score (nSPS) is 42.0. The highest BCUT2D eigenvalue weighted by atomic mass is 16.4. The van der Waals surface area contributed by atoms with Gasteiger partial charge in [-0.3, -0.25) is 9.59 Å². The van der Waals surface area contributed by atoms with E-state index in [0.717, 1.165) is 37.7 Å². The summed E-state index contributed by atoms with van der Waals surface area (Å²) < 4.78 is 0. The van der Waals surface area contributed by atoms with Crippen LogP contribution in [0.2, 0.25) is 0 Å². The van der Waals surface area contributed by atoms with Gasteiger partial charge in [0.15, 0.2) is 5.78 Å². The molecular formula is C28H40O5. The van der Waals surface area contributed by atoms with Crippen molar-refractivity contribution in [3.05, 3.63) is 22.8 Å². The summed E-state index contributed by atoms with van der Waals surface area (Å²) in [6.07, 6.45) is 7.18. The average Bonchev–Trinajstić information content (AvgIpc) is 2.95. The van der Waals surface area contributed by atoms with Crippen molar-refractivity contribution in [1.82, 2.24) is 0 Å². The summed E-state index contributed by atoms with van der Waals surface area (Å²) >= 11 is 0. The first-order valence-electron chi connectivity index (χ1n) is 12.8. The summed E-state index contributed by atoms with van der Waals surface area (Å²) in [6.45, 7) is 10.3. The zero-order valence-electron chi connectivity index (χ0n) is 20.8. The van der Waals surface area contributed by atoms with Crippen LogP contribution in [0.25, 0.3) is 0 Å². The van der Waals surface area contributed by atoms with E-state index in [1.807, 2.05) is 6.92 Å². The molecule has 5 nitrogen and oxygen atoms in total. The van der Waals surface area contributed by atoms with Crippen LogP contribution in [0, 0.1) is 40.4 Å². The molecule has 0 bridgehead atoms. The lowest BCUT2D eigenvalue weighted by atomic mass is 9.44. The second-order valence-electron chi connectivity index (χ2n) is 11.9. The number of carboxylic acids is 1. The molecule has 8 unspecified atom stereocenters. The molecule has 0 spiro atoms. The van der Waals surface area contributed by atoms with Crippen LogP contribution in [0.5, 0.6) is 0 Å². The van der Waals surface area contributed by atoms with Gasteiger partial charge in [-0.2, -0.15) is 0 Å². The van der Waals surface area contributed by atoms with Gasteiger partial charge in [0.2, 0.25) is 0 Å². The van der Waals surface area contributed by atoms with E-state index in [9.17, 15) is 19.5 Å². The summed E-state index contributed by atoms with van der Waals surface area (Å²) in [5.41, 5.74) is 2.11. The first-order chi connectivity index (χ1) is 15.4. The molecule has 2 N–H and O–H groups in total. The van der Waals surface area contributed by atoms with Gasteiger partial charge < -0.3 is 10.2 Å². The number of Topliss-reactive ketones (excluding diaryl/α,β-unsaturated/α-hetero) is 2. The summed E-state index contributed by atoms with van der Waals surface area (Å²) in [5.74, 6) is 0.344. The van der Waals surface area contributed by atoms with E-state index in [4.69, 9.17) is 5.11 Å². The smallest absolute Gasteiger partial charge is 0.330 e. The van der Waals surface area contributed by atoms with Gasteiger partial charge in [-0.1, -0.05) is 32.4 Å². The van der Waals surface area contributed by atoms with Gasteiger partial charge in [0.1, 0.15) is 5.78 Å². The minimum Gasteiger partial charge on any atom is -0.478 e. The Morgan fingerprint density at radius 1 is 1.18 bits per heavy atom. The molecule has 0 aromatic heterocycles. The van der Waals surface area contributed by atoms with Crippen molar-refractivity contribution in [3.8, 4) is 0 Å². The Bertz CT molecular complexity index is 929. The number of fused-ring (bicyclic) bond motifs is 5. The zero-order chi connectivity index (χ0) is 24.3. The van der Waals surface area contributed by atoms with E-state index in [0.29, 0.717) is 30.6 Å².